The minimum absolute atomic E-state index is 0.392. The zero-order chi connectivity index (χ0) is 14.9. The topological polar surface area (TPSA) is 55.8 Å². The average Bonchev–Trinajstić information content (AvgIpc) is 2.80. The van der Waals surface area contributed by atoms with Gasteiger partial charge in [-0.05, 0) is 50.8 Å². The maximum Gasteiger partial charge on any atom is 0.309 e. The van der Waals surface area contributed by atoms with Crippen LogP contribution in [0.1, 0.15) is 42.4 Å². The van der Waals surface area contributed by atoms with Crippen LogP contribution in [-0.4, -0.2) is 11.1 Å². The smallest absolute Gasteiger partial charge is 0.309 e. The molecule has 1 aliphatic rings. The molecule has 0 spiro atoms. The summed E-state index contributed by atoms with van der Waals surface area (Å²) >= 11 is 0. The predicted octanol–water partition coefficient (Wildman–Crippen LogP) is 3.47. The van der Waals surface area contributed by atoms with E-state index in [2.05, 4.69) is 0 Å². The van der Waals surface area contributed by atoms with E-state index in [0.29, 0.717) is 6.42 Å². The Morgan fingerprint density at radius 3 is 2.15 bits per heavy atom. The number of rotatable bonds is 4. The van der Waals surface area contributed by atoms with Crippen molar-refractivity contribution < 1.29 is 19.4 Å². The van der Waals surface area contributed by atoms with Gasteiger partial charge in [0.15, 0.2) is 0 Å². The maximum atomic E-state index is 11.2. The van der Waals surface area contributed by atoms with Gasteiger partial charge >= 0.3 is 5.97 Å². The number of carboxylic acids is 1. The van der Waals surface area contributed by atoms with Crippen LogP contribution in [0.25, 0.3) is 0 Å². The van der Waals surface area contributed by atoms with Gasteiger partial charge in [0.05, 0.1) is 5.41 Å². The van der Waals surface area contributed by atoms with Crippen LogP contribution in [-0.2, 0) is 20.7 Å². The fraction of sp³-hybridized carbons (Fsp3) is 0.438. The molecule has 0 saturated heterocycles. The largest absolute Gasteiger partial charge is 0.481 e. The van der Waals surface area contributed by atoms with Gasteiger partial charge in [-0.3, -0.25) is 4.79 Å². The summed E-state index contributed by atoms with van der Waals surface area (Å²) in [5.41, 5.74) is 3.35. The Balaban J connectivity index is 2.28. The van der Waals surface area contributed by atoms with Crippen molar-refractivity contribution in [2.24, 2.45) is 5.41 Å². The van der Waals surface area contributed by atoms with Crippen molar-refractivity contribution in [2.45, 2.75) is 40.4 Å². The van der Waals surface area contributed by atoms with E-state index < -0.39 is 17.7 Å². The number of aryl methyl sites for hydroxylation is 2. The molecule has 20 heavy (non-hydrogen) atoms. The molecule has 0 atom stereocenters. The van der Waals surface area contributed by atoms with E-state index in [-0.39, 0.29) is 0 Å². The quantitative estimate of drug-likeness (QED) is 0.914. The van der Waals surface area contributed by atoms with Crippen molar-refractivity contribution in [3.05, 3.63) is 46.9 Å². The molecule has 4 heteroatoms. The molecule has 1 aromatic rings. The molecule has 1 aromatic carbocycles. The van der Waals surface area contributed by atoms with E-state index in [9.17, 15) is 9.90 Å². The molecular formula is C16H20O4. The fourth-order valence-electron chi connectivity index (χ4n) is 2.50. The van der Waals surface area contributed by atoms with Crippen molar-refractivity contribution >= 4 is 5.97 Å². The second-order valence-corrected chi connectivity index (χ2v) is 5.89. The van der Waals surface area contributed by atoms with E-state index in [0.717, 1.165) is 22.3 Å². The van der Waals surface area contributed by atoms with Gasteiger partial charge in [-0.25, -0.2) is 0 Å². The predicted molar refractivity (Wildman–Crippen MR) is 75.1 cm³/mol. The van der Waals surface area contributed by atoms with Gasteiger partial charge in [0.25, 0.3) is 6.29 Å². The number of aliphatic carboxylic acids is 1. The van der Waals surface area contributed by atoms with Crippen LogP contribution in [0.3, 0.4) is 0 Å². The van der Waals surface area contributed by atoms with Gasteiger partial charge in [-0.1, -0.05) is 12.1 Å². The Kier molecular flexibility index (Phi) is 3.75. The number of hydrogen-bond donors (Lipinski definition) is 1. The average molecular weight is 276 g/mol. The van der Waals surface area contributed by atoms with Crippen molar-refractivity contribution in [1.29, 1.82) is 0 Å². The highest BCUT2D eigenvalue weighted by atomic mass is 16.7. The normalized spacial score (nSPS) is 15.0. The van der Waals surface area contributed by atoms with Crippen molar-refractivity contribution in [1.82, 2.24) is 0 Å². The first kappa shape index (κ1) is 14.4. The summed E-state index contributed by atoms with van der Waals surface area (Å²) in [5, 5.41) is 9.22. The molecular weight excluding hydrogens is 256 g/mol. The summed E-state index contributed by atoms with van der Waals surface area (Å²) < 4.78 is 10.8. The Morgan fingerprint density at radius 2 is 1.70 bits per heavy atom. The summed E-state index contributed by atoms with van der Waals surface area (Å²) in [5.74, 6) is -0.788. The summed E-state index contributed by atoms with van der Waals surface area (Å²) in [6.45, 7) is 7.46. The molecule has 108 valence electrons. The lowest BCUT2D eigenvalue weighted by molar-refractivity contribution is -0.146. The standard InChI is InChI=1S/C16H20O4/c1-10-7-12(9-16(3,4)15(17)18)8-11(2)13(10)14-19-5-6-20-14/h5-8,14H,9H2,1-4H3,(H,17,18). The molecule has 0 saturated carbocycles. The summed E-state index contributed by atoms with van der Waals surface area (Å²) in [6, 6.07) is 4.02. The van der Waals surface area contributed by atoms with Gasteiger partial charge in [-0.2, -0.15) is 0 Å². The van der Waals surface area contributed by atoms with E-state index in [1.807, 2.05) is 26.0 Å². The Morgan fingerprint density at radius 1 is 1.20 bits per heavy atom. The lowest BCUT2D eigenvalue weighted by Gasteiger charge is -2.22. The van der Waals surface area contributed by atoms with Crippen LogP contribution >= 0.6 is 0 Å². The van der Waals surface area contributed by atoms with Gasteiger partial charge in [0.1, 0.15) is 12.5 Å². The summed E-state index contributed by atoms with van der Waals surface area (Å²) in [4.78, 5) is 11.2. The molecule has 4 nitrogen and oxygen atoms in total. The molecule has 0 fully saturated rings. The minimum atomic E-state index is -0.788. The third kappa shape index (κ3) is 2.79. The second-order valence-electron chi connectivity index (χ2n) is 5.89. The molecule has 0 aromatic heterocycles. The lowest BCUT2D eigenvalue weighted by Crippen LogP contribution is -2.26. The van der Waals surface area contributed by atoms with E-state index >= 15 is 0 Å². The first-order valence-electron chi connectivity index (χ1n) is 6.60. The minimum Gasteiger partial charge on any atom is -0.481 e. The third-order valence-electron chi connectivity index (χ3n) is 3.57. The van der Waals surface area contributed by atoms with Crippen LogP contribution in [0.5, 0.6) is 0 Å². The number of carbonyl (C=O) groups is 1. The van der Waals surface area contributed by atoms with Gasteiger partial charge in [0, 0.05) is 5.56 Å². The van der Waals surface area contributed by atoms with Crippen LogP contribution < -0.4 is 0 Å². The monoisotopic (exact) mass is 276 g/mol. The van der Waals surface area contributed by atoms with Crippen LogP contribution in [0.15, 0.2) is 24.7 Å². The molecule has 0 amide bonds. The fourth-order valence-corrected chi connectivity index (χ4v) is 2.50. The number of ether oxygens (including phenoxy) is 2. The molecule has 0 radical (unpaired) electrons. The maximum absolute atomic E-state index is 11.2. The van der Waals surface area contributed by atoms with Crippen molar-refractivity contribution in [2.75, 3.05) is 0 Å². The first-order valence-corrected chi connectivity index (χ1v) is 6.60. The van der Waals surface area contributed by atoms with E-state index in [4.69, 9.17) is 9.47 Å². The van der Waals surface area contributed by atoms with Gasteiger partial charge in [-0.15, -0.1) is 0 Å². The summed E-state index contributed by atoms with van der Waals surface area (Å²) in [6.07, 6.45) is 3.17. The van der Waals surface area contributed by atoms with Gasteiger partial charge < -0.3 is 14.6 Å². The SMILES string of the molecule is Cc1cc(CC(C)(C)C(=O)O)cc(C)c1C1OC=CO1. The Bertz CT molecular complexity index is 527. The van der Waals surface area contributed by atoms with E-state index in [1.54, 1.807) is 13.8 Å². The highest BCUT2D eigenvalue weighted by molar-refractivity contribution is 5.74. The molecule has 1 aliphatic heterocycles. The molecule has 0 unspecified atom stereocenters. The van der Waals surface area contributed by atoms with Crippen LogP contribution in [0, 0.1) is 19.3 Å². The van der Waals surface area contributed by atoms with Crippen molar-refractivity contribution in [3.8, 4) is 0 Å². The molecule has 2 rings (SSSR count). The molecule has 1 N–H and O–H groups in total. The zero-order valence-corrected chi connectivity index (χ0v) is 12.3. The van der Waals surface area contributed by atoms with Gasteiger partial charge in [0.2, 0.25) is 0 Å². The highest BCUT2D eigenvalue weighted by Crippen LogP contribution is 2.32. The Hall–Kier alpha value is -1.97. The zero-order valence-electron chi connectivity index (χ0n) is 12.3. The highest BCUT2D eigenvalue weighted by Gasteiger charge is 2.28. The summed E-state index contributed by atoms with van der Waals surface area (Å²) in [7, 11) is 0. The van der Waals surface area contributed by atoms with Crippen molar-refractivity contribution in [3.63, 3.8) is 0 Å². The van der Waals surface area contributed by atoms with Crippen LogP contribution in [0.2, 0.25) is 0 Å². The van der Waals surface area contributed by atoms with E-state index in [1.165, 1.54) is 12.5 Å². The second kappa shape index (κ2) is 5.19. The van der Waals surface area contributed by atoms with Crippen LogP contribution in [0.4, 0.5) is 0 Å². The Labute approximate surface area is 119 Å². The molecule has 1 heterocycles. The lowest BCUT2D eigenvalue weighted by atomic mass is 9.84. The number of carboxylic acid groups (broad SMARTS) is 1. The third-order valence-corrected chi connectivity index (χ3v) is 3.57. The first-order chi connectivity index (χ1) is 9.31. The molecule has 0 aliphatic carbocycles. The number of hydrogen-bond acceptors (Lipinski definition) is 3. The molecule has 0 bridgehead atoms. The number of benzene rings is 1.